The number of benzene rings is 1. The predicted octanol–water partition coefficient (Wildman–Crippen LogP) is 4.19. The van der Waals surface area contributed by atoms with E-state index in [9.17, 15) is 9.18 Å². The summed E-state index contributed by atoms with van der Waals surface area (Å²) in [6.07, 6.45) is 2.77. The van der Waals surface area contributed by atoms with Gasteiger partial charge in [0.2, 0.25) is 0 Å². The molecule has 1 aromatic carbocycles. The Morgan fingerprint density at radius 1 is 1.21 bits per heavy atom. The van der Waals surface area contributed by atoms with Crippen molar-refractivity contribution < 1.29 is 9.18 Å². The van der Waals surface area contributed by atoms with Crippen molar-refractivity contribution in [1.29, 1.82) is 0 Å². The maximum absolute atomic E-state index is 14.8. The van der Waals surface area contributed by atoms with Gasteiger partial charge in [0.15, 0.2) is 0 Å². The highest BCUT2D eigenvalue weighted by atomic mass is 35.5. The molecule has 0 radical (unpaired) electrons. The lowest BCUT2D eigenvalue weighted by Crippen LogP contribution is -2.31. The Kier molecular flexibility index (Phi) is 5.74. The van der Waals surface area contributed by atoms with Crippen molar-refractivity contribution in [3.05, 3.63) is 45.5 Å². The number of hydrogen-bond acceptors (Lipinski definition) is 4. The molecule has 1 atom stereocenters. The third-order valence-electron chi connectivity index (χ3n) is 5.84. The molecule has 28 heavy (non-hydrogen) atoms. The fourth-order valence-corrected chi connectivity index (χ4v) is 5.49. The molecule has 0 aliphatic carbocycles. The van der Waals surface area contributed by atoms with Gasteiger partial charge in [0, 0.05) is 24.0 Å². The topological polar surface area (TPSA) is 49.6 Å². The number of rotatable bonds is 3. The molecule has 3 heterocycles. The maximum atomic E-state index is 14.8. The summed E-state index contributed by atoms with van der Waals surface area (Å²) in [4.78, 5) is 18.1. The van der Waals surface area contributed by atoms with Crippen LogP contribution in [0, 0.1) is 5.82 Å². The quantitative estimate of drug-likeness (QED) is 0.808. The van der Waals surface area contributed by atoms with Crippen LogP contribution in [0.15, 0.2) is 24.3 Å². The molecular formula is C21H25ClFN3OS. The van der Waals surface area contributed by atoms with E-state index in [1.54, 1.807) is 17.0 Å². The van der Waals surface area contributed by atoms with E-state index in [-0.39, 0.29) is 23.7 Å². The first-order chi connectivity index (χ1) is 13.4. The molecule has 0 saturated carbocycles. The summed E-state index contributed by atoms with van der Waals surface area (Å²) in [7, 11) is 2.10. The molecule has 2 fully saturated rings. The Balaban J connectivity index is 1.55. The van der Waals surface area contributed by atoms with Gasteiger partial charge in [-0.1, -0.05) is 23.7 Å². The Hall–Kier alpha value is -1.47. The number of nitrogens with zero attached hydrogens (tertiary/aromatic N) is 2. The number of piperidine rings is 1. The SMILES string of the molecule is CN1CCC(c2ccc(-c3cc(Cl)c(C(=O)N4CC[C@H](N)C4)s3)cc2F)CC1. The summed E-state index contributed by atoms with van der Waals surface area (Å²) < 4.78 is 14.8. The first kappa shape index (κ1) is 19.8. The number of halogens is 2. The van der Waals surface area contributed by atoms with Crippen LogP contribution in [0.5, 0.6) is 0 Å². The van der Waals surface area contributed by atoms with E-state index in [4.69, 9.17) is 17.3 Å². The summed E-state index contributed by atoms with van der Waals surface area (Å²) in [5.41, 5.74) is 7.46. The van der Waals surface area contributed by atoms with Crippen LogP contribution in [0.25, 0.3) is 10.4 Å². The molecule has 7 heteroatoms. The van der Waals surface area contributed by atoms with Crippen LogP contribution in [0.3, 0.4) is 0 Å². The molecule has 4 rings (SSSR count). The minimum absolute atomic E-state index is 0.0309. The van der Waals surface area contributed by atoms with Crippen molar-refractivity contribution in [3.8, 4) is 10.4 Å². The minimum Gasteiger partial charge on any atom is -0.336 e. The fraction of sp³-hybridized carbons (Fsp3) is 0.476. The normalized spacial score (nSPS) is 21.4. The van der Waals surface area contributed by atoms with Gasteiger partial charge in [-0.2, -0.15) is 0 Å². The lowest BCUT2D eigenvalue weighted by molar-refractivity contribution is 0.0796. The van der Waals surface area contributed by atoms with Crippen LogP contribution in [-0.4, -0.2) is 55.0 Å². The Morgan fingerprint density at radius 3 is 2.61 bits per heavy atom. The lowest BCUT2D eigenvalue weighted by atomic mass is 9.88. The summed E-state index contributed by atoms with van der Waals surface area (Å²) in [5, 5.41) is 0.422. The molecule has 2 saturated heterocycles. The molecule has 2 aromatic rings. The number of nitrogens with two attached hydrogens (primary N) is 1. The summed E-state index contributed by atoms with van der Waals surface area (Å²) in [6.45, 7) is 3.21. The number of amides is 1. The van der Waals surface area contributed by atoms with E-state index < -0.39 is 0 Å². The second-order valence-corrected chi connectivity index (χ2v) is 9.36. The van der Waals surface area contributed by atoms with E-state index in [0.717, 1.165) is 48.4 Å². The van der Waals surface area contributed by atoms with Gasteiger partial charge in [-0.05, 0) is 68.6 Å². The predicted molar refractivity (Wildman–Crippen MR) is 113 cm³/mol. The van der Waals surface area contributed by atoms with Gasteiger partial charge in [0.1, 0.15) is 10.7 Å². The van der Waals surface area contributed by atoms with Gasteiger partial charge in [-0.3, -0.25) is 4.79 Å². The van der Waals surface area contributed by atoms with Crippen molar-refractivity contribution in [2.75, 3.05) is 33.2 Å². The molecule has 1 amide bonds. The van der Waals surface area contributed by atoms with Crippen LogP contribution in [-0.2, 0) is 0 Å². The lowest BCUT2D eigenvalue weighted by Gasteiger charge is -2.29. The second-order valence-electron chi connectivity index (χ2n) is 7.90. The molecule has 2 N–H and O–H groups in total. The first-order valence-corrected chi connectivity index (χ1v) is 10.9. The van der Waals surface area contributed by atoms with Crippen LogP contribution in [0.2, 0.25) is 5.02 Å². The zero-order valence-electron chi connectivity index (χ0n) is 16.0. The number of hydrogen-bond donors (Lipinski definition) is 1. The summed E-state index contributed by atoms with van der Waals surface area (Å²) >= 11 is 7.67. The third kappa shape index (κ3) is 3.96. The van der Waals surface area contributed by atoms with Gasteiger partial charge < -0.3 is 15.5 Å². The standard InChI is InChI=1S/C21H25ClFN3OS/c1-25-7-4-13(5-8-25)16-3-2-14(10-18(16)23)19-11-17(22)20(28-19)21(27)26-9-6-15(24)12-26/h2-3,10-11,13,15H,4-9,12,24H2,1H3/t15-/m0/s1. The highest BCUT2D eigenvalue weighted by Crippen LogP contribution is 2.38. The molecule has 2 aliphatic heterocycles. The van der Waals surface area contributed by atoms with Gasteiger partial charge in [-0.15, -0.1) is 11.3 Å². The molecule has 0 unspecified atom stereocenters. The van der Waals surface area contributed by atoms with Crippen molar-refractivity contribution >= 4 is 28.8 Å². The van der Waals surface area contributed by atoms with Crippen LogP contribution >= 0.6 is 22.9 Å². The van der Waals surface area contributed by atoms with Gasteiger partial charge in [-0.25, -0.2) is 4.39 Å². The summed E-state index contributed by atoms with van der Waals surface area (Å²) in [5.74, 6) is 0.0151. The second kappa shape index (κ2) is 8.11. The van der Waals surface area contributed by atoms with E-state index in [0.29, 0.717) is 23.0 Å². The number of carbonyl (C=O) groups is 1. The summed E-state index contributed by atoms with van der Waals surface area (Å²) in [6, 6.07) is 7.21. The van der Waals surface area contributed by atoms with E-state index in [1.807, 2.05) is 12.1 Å². The smallest absolute Gasteiger partial charge is 0.265 e. The monoisotopic (exact) mass is 421 g/mol. The number of thiophene rings is 1. The molecule has 0 spiro atoms. The molecule has 4 nitrogen and oxygen atoms in total. The van der Waals surface area contributed by atoms with Gasteiger partial charge in [0.05, 0.1) is 5.02 Å². The van der Waals surface area contributed by atoms with E-state index >= 15 is 0 Å². The van der Waals surface area contributed by atoms with Crippen LogP contribution in [0.4, 0.5) is 4.39 Å². The number of likely N-dealkylation sites (tertiary alicyclic amines) is 2. The zero-order chi connectivity index (χ0) is 19.8. The van der Waals surface area contributed by atoms with E-state index in [2.05, 4.69) is 11.9 Å². The first-order valence-electron chi connectivity index (χ1n) is 9.75. The van der Waals surface area contributed by atoms with Crippen molar-refractivity contribution in [1.82, 2.24) is 9.80 Å². The average Bonchev–Trinajstić information content (AvgIpc) is 3.28. The third-order valence-corrected chi connectivity index (χ3v) is 7.42. The zero-order valence-corrected chi connectivity index (χ0v) is 17.5. The average molecular weight is 422 g/mol. The molecule has 1 aromatic heterocycles. The van der Waals surface area contributed by atoms with Crippen LogP contribution in [0.1, 0.15) is 40.4 Å². The van der Waals surface area contributed by atoms with Crippen molar-refractivity contribution in [3.63, 3.8) is 0 Å². The molecule has 150 valence electrons. The molecule has 0 bridgehead atoms. The molecule has 2 aliphatic rings. The van der Waals surface area contributed by atoms with Crippen molar-refractivity contribution in [2.24, 2.45) is 5.73 Å². The maximum Gasteiger partial charge on any atom is 0.265 e. The minimum atomic E-state index is -0.171. The van der Waals surface area contributed by atoms with E-state index in [1.165, 1.54) is 11.3 Å². The highest BCUT2D eigenvalue weighted by molar-refractivity contribution is 7.18. The molecular weight excluding hydrogens is 397 g/mol. The Morgan fingerprint density at radius 2 is 1.96 bits per heavy atom. The fourth-order valence-electron chi connectivity index (χ4n) is 4.10. The highest BCUT2D eigenvalue weighted by Gasteiger charge is 2.28. The Bertz CT molecular complexity index is 879. The number of carbonyl (C=O) groups excluding carboxylic acids is 1. The largest absolute Gasteiger partial charge is 0.336 e. The Labute approximate surface area is 174 Å². The van der Waals surface area contributed by atoms with Gasteiger partial charge in [0.25, 0.3) is 5.91 Å². The van der Waals surface area contributed by atoms with Gasteiger partial charge >= 0.3 is 0 Å². The van der Waals surface area contributed by atoms with Crippen molar-refractivity contribution in [2.45, 2.75) is 31.2 Å². The van der Waals surface area contributed by atoms with Crippen LogP contribution < -0.4 is 5.73 Å².